The molecule has 1 aromatic carbocycles. The number of rotatable bonds is 5. The van der Waals surface area contributed by atoms with E-state index in [0.29, 0.717) is 35.0 Å². The van der Waals surface area contributed by atoms with Crippen molar-refractivity contribution in [1.82, 2.24) is 20.1 Å². The van der Waals surface area contributed by atoms with Crippen LogP contribution in [0.2, 0.25) is 0 Å². The van der Waals surface area contributed by atoms with E-state index in [1.54, 1.807) is 36.3 Å². The van der Waals surface area contributed by atoms with Crippen molar-refractivity contribution in [2.24, 2.45) is 7.05 Å². The van der Waals surface area contributed by atoms with E-state index >= 15 is 8.78 Å². The van der Waals surface area contributed by atoms with Gasteiger partial charge in [-0.25, -0.2) is 13.8 Å². The van der Waals surface area contributed by atoms with Crippen LogP contribution in [0.5, 0.6) is 0 Å². The van der Waals surface area contributed by atoms with Crippen LogP contribution in [-0.2, 0) is 13.5 Å². The van der Waals surface area contributed by atoms with Gasteiger partial charge in [-0.3, -0.25) is 9.48 Å². The minimum atomic E-state index is -0.655. The predicted octanol–water partition coefficient (Wildman–Crippen LogP) is 4.99. The van der Waals surface area contributed by atoms with Gasteiger partial charge in [-0.2, -0.15) is 5.10 Å². The van der Waals surface area contributed by atoms with Crippen LogP contribution in [0, 0.1) is 11.6 Å². The number of nitrogens with one attached hydrogen (secondary N) is 1. The third kappa shape index (κ3) is 4.97. The van der Waals surface area contributed by atoms with Crippen LogP contribution in [0.25, 0.3) is 21.3 Å². The summed E-state index contributed by atoms with van der Waals surface area (Å²) in [6.45, 7) is 0. The molecule has 1 fully saturated rings. The van der Waals surface area contributed by atoms with Crippen molar-refractivity contribution in [2.45, 2.75) is 50.7 Å². The molecule has 0 aliphatic heterocycles. The van der Waals surface area contributed by atoms with Crippen molar-refractivity contribution in [3.8, 4) is 11.1 Å². The first-order chi connectivity index (χ1) is 16.9. The van der Waals surface area contributed by atoms with Gasteiger partial charge in [-0.05, 0) is 53.6 Å². The van der Waals surface area contributed by atoms with Crippen LogP contribution in [0.4, 0.5) is 8.78 Å². The molecule has 1 aliphatic carbocycles. The third-order valence-electron chi connectivity index (χ3n) is 6.56. The number of aliphatic hydroxyl groups is 1. The second-order valence-electron chi connectivity index (χ2n) is 9.08. The summed E-state index contributed by atoms with van der Waals surface area (Å²) in [5, 5.41) is 19.2. The molecule has 0 saturated heterocycles. The van der Waals surface area contributed by atoms with E-state index in [1.807, 2.05) is 5.38 Å². The predicted molar refractivity (Wildman–Crippen MR) is 131 cm³/mol. The number of hydrogen-bond donors (Lipinski definition) is 2. The number of carbonyl (C=O) groups is 1. The number of halogens is 2. The number of aliphatic hydroxyl groups excluding tert-OH is 1. The number of hydrogen-bond acceptors (Lipinski definition) is 5. The van der Waals surface area contributed by atoms with Crippen LogP contribution < -0.4 is 5.32 Å². The summed E-state index contributed by atoms with van der Waals surface area (Å²) < 4.78 is 32.5. The summed E-state index contributed by atoms with van der Waals surface area (Å²) in [7, 11) is 1.74. The molecule has 4 aromatic rings. The zero-order valence-corrected chi connectivity index (χ0v) is 20.1. The lowest BCUT2D eigenvalue weighted by Crippen LogP contribution is -2.43. The molecule has 2 N–H and O–H groups in total. The number of amides is 1. The van der Waals surface area contributed by atoms with Gasteiger partial charge < -0.3 is 10.4 Å². The Hall–Kier alpha value is -3.17. The molecule has 0 radical (unpaired) electrons. The molecule has 0 unspecified atom stereocenters. The molecule has 0 bridgehead atoms. The first-order valence-electron chi connectivity index (χ1n) is 11.7. The average molecular weight is 497 g/mol. The molecule has 1 amide bonds. The van der Waals surface area contributed by atoms with E-state index in [-0.39, 0.29) is 23.7 Å². The monoisotopic (exact) mass is 496 g/mol. The van der Waals surface area contributed by atoms with E-state index in [4.69, 9.17) is 0 Å². The molecule has 5 rings (SSSR count). The lowest BCUT2D eigenvalue weighted by molar-refractivity contribution is 0.0814. The highest BCUT2D eigenvalue weighted by molar-refractivity contribution is 7.17. The maximum atomic E-state index is 15.1. The summed E-state index contributed by atoms with van der Waals surface area (Å²) in [6.07, 6.45) is 6.92. The average Bonchev–Trinajstić information content (AvgIpc) is 3.44. The summed E-state index contributed by atoms with van der Waals surface area (Å²) in [4.78, 5) is 17.5. The number of carbonyl (C=O) groups excluding carboxylic acids is 1. The highest BCUT2D eigenvalue weighted by Crippen LogP contribution is 2.30. The summed E-state index contributed by atoms with van der Waals surface area (Å²) in [5.41, 5.74) is 2.38. The van der Waals surface area contributed by atoms with Crippen molar-refractivity contribution < 1.29 is 18.7 Å². The maximum absolute atomic E-state index is 15.1. The van der Waals surface area contributed by atoms with Crippen molar-refractivity contribution >= 4 is 27.5 Å². The van der Waals surface area contributed by atoms with Crippen LogP contribution in [-0.4, -0.2) is 37.9 Å². The summed E-state index contributed by atoms with van der Waals surface area (Å²) >= 11 is 1.42. The summed E-state index contributed by atoms with van der Waals surface area (Å²) in [6, 6.07) is 5.68. The Labute approximate surface area is 205 Å². The normalized spacial score (nSPS) is 18.5. The van der Waals surface area contributed by atoms with Gasteiger partial charge in [-0.15, -0.1) is 11.3 Å². The minimum Gasteiger partial charge on any atom is -0.391 e. The molecule has 3 heterocycles. The lowest BCUT2D eigenvalue weighted by atomic mass is 9.99. The number of aryl methyl sites for hydroxylation is 1. The van der Waals surface area contributed by atoms with E-state index in [0.717, 1.165) is 24.0 Å². The Morgan fingerprint density at radius 3 is 2.69 bits per heavy atom. The number of pyridine rings is 1. The number of thiophene rings is 1. The first-order valence-corrected chi connectivity index (χ1v) is 12.6. The molecule has 3 aromatic heterocycles. The number of aromatic nitrogens is 3. The molecule has 6 nitrogen and oxygen atoms in total. The topological polar surface area (TPSA) is 80.0 Å². The van der Waals surface area contributed by atoms with Gasteiger partial charge in [0.05, 0.1) is 28.6 Å². The molecule has 182 valence electrons. The number of fused-ring (bicyclic) bond motifs is 1. The zero-order chi connectivity index (χ0) is 24.5. The van der Waals surface area contributed by atoms with Crippen LogP contribution in [0.3, 0.4) is 0 Å². The van der Waals surface area contributed by atoms with Gasteiger partial charge in [0.1, 0.15) is 17.3 Å². The fourth-order valence-corrected chi connectivity index (χ4v) is 5.52. The van der Waals surface area contributed by atoms with Crippen molar-refractivity contribution in [2.75, 3.05) is 0 Å². The lowest BCUT2D eigenvalue weighted by Gasteiger charge is -2.21. The van der Waals surface area contributed by atoms with Crippen LogP contribution >= 0.6 is 11.3 Å². The fourth-order valence-electron chi connectivity index (χ4n) is 4.67. The smallest absolute Gasteiger partial charge is 0.270 e. The van der Waals surface area contributed by atoms with Gasteiger partial charge in [0.25, 0.3) is 5.91 Å². The Kier molecular flexibility index (Phi) is 6.62. The van der Waals surface area contributed by atoms with Crippen molar-refractivity contribution in [3.63, 3.8) is 0 Å². The quantitative estimate of drug-likeness (QED) is 0.382. The van der Waals surface area contributed by atoms with E-state index < -0.39 is 23.6 Å². The van der Waals surface area contributed by atoms with E-state index in [2.05, 4.69) is 15.4 Å². The second-order valence-corrected chi connectivity index (χ2v) is 10.0. The number of nitrogens with zero attached hydrogens (tertiary/aromatic N) is 3. The molecule has 2 atom stereocenters. The van der Waals surface area contributed by atoms with E-state index in [1.165, 1.54) is 23.5 Å². The Morgan fingerprint density at radius 1 is 1.17 bits per heavy atom. The second kappa shape index (κ2) is 9.83. The first kappa shape index (κ1) is 23.6. The van der Waals surface area contributed by atoms with Crippen molar-refractivity contribution in [3.05, 3.63) is 70.5 Å². The van der Waals surface area contributed by atoms with Gasteiger partial charge >= 0.3 is 0 Å². The largest absolute Gasteiger partial charge is 0.391 e. The molecule has 35 heavy (non-hydrogen) atoms. The molecule has 0 spiro atoms. The van der Waals surface area contributed by atoms with E-state index in [9.17, 15) is 9.90 Å². The summed E-state index contributed by atoms with van der Waals surface area (Å²) in [5.74, 6) is -1.70. The Bertz CT molecular complexity index is 1360. The zero-order valence-electron chi connectivity index (χ0n) is 19.3. The van der Waals surface area contributed by atoms with Crippen LogP contribution in [0.1, 0.15) is 53.7 Å². The fraction of sp³-hybridized carbons (Fsp3) is 0.346. The molecular weight excluding hydrogens is 470 g/mol. The van der Waals surface area contributed by atoms with Crippen molar-refractivity contribution in [1.29, 1.82) is 0 Å². The maximum Gasteiger partial charge on any atom is 0.270 e. The molecule has 9 heteroatoms. The van der Waals surface area contributed by atoms with Gasteiger partial charge in [0.2, 0.25) is 0 Å². The SMILES string of the molecule is Cn1cc(-c2cc(F)c(Cc3cc(C(=O)N[C@H]4CCCCC[C@@H]4O)nc4ccsc34)c(F)c2)cn1. The highest BCUT2D eigenvalue weighted by Gasteiger charge is 2.25. The number of benzene rings is 1. The third-order valence-corrected chi connectivity index (χ3v) is 7.54. The standard InChI is InChI=1S/C26H26F2N4O2S/c1-32-14-17(13-29-32)15-10-19(27)18(20(28)11-15)9-16-12-23(30-22-7-8-35-25(16)22)26(34)31-21-5-3-2-4-6-24(21)33/h7-8,10-14,21,24,33H,2-6,9H2,1H3,(H,31,34)/t21-,24-/m0/s1. The van der Waals surface area contributed by atoms with Gasteiger partial charge in [0.15, 0.2) is 0 Å². The minimum absolute atomic E-state index is 0.0170. The van der Waals surface area contributed by atoms with Crippen LogP contribution in [0.15, 0.2) is 42.0 Å². The van der Waals surface area contributed by atoms with Gasteiger partial charge in [0, 0.05) is 30.8 Å². The molecule has 1 aliphatic rings. The molecule has 1 saturated carbocycles. The highest BCUT2D eigenvalue weighted by atomic mass is 32.1. The Balaban J connectivity index is 1.45. The molecular formula is C26H26F2N4O2S. The van der Waals surface area contributed by atoms with Gasteiger partial charge in [-0.1, -0.05) is 19.3 Å². The Morgan fingerprint density at radius 2 is 1.94 bits per heavy atom.